The van der Waals surface area contributed by atoms with Crippen molar-refractivity contribution in [2.24, 2.45) is 0 Å². The minimum absolute atomic E-state index is 0.209. The number of anilines is 1. The van der Waals surface area contributed by atoms with Crippen molar-refractivity contribution in [3.05, 3.63) is 23.4 Å². The van der Waals surface area contributed by atoms with Crippen molar-refractivity contribution >= 4 is 11.6 Å². The zero-order valence-electron chi connectivity index (χ0n) is 7.87. The van der Waals surface area contributed by atoms with Crippen LogP contribution in [0.25, 0.3) is 0 Å². The predicted octanol–water partition coefficient (Wildman–Crippen LogP) is 1.41. The molecule has 1 aliphatic heterocycles. The number of carbonyl (C=O) groups is 1. The second-order valence-corrected chi connectivity index (χ2v) is 3.42. The molecule has 68 valence electrons. The fourth-order valence-corrected chi connectivity index (χ4v) is 1.56. The van der Waals surface area contributed by atoms with E-state index < -0.39 is 0 Å². The van der Waals surface area contributed by atoms with Crippen molar-refractivity contribution in [1.82, 2.24) is 4.98 Å². The van der Waals surface area contributed by atoms with E-state index in [1.807, 2.05) is 31.0 Å². The second-order valence-electron chi connectivity index (χ2n) is 3.42. The van der Waals surface area contributed by atoms with Gasteiger partial charge in [0.1, 0.15) is 5.82 Å². The van der Waals surface area contributed by atoms with E-state index in [9.17, 15) is 4.79 Å². The summed E-state index contributed by atoms with van der Waals surface area (Å²) < 4.78 is 0. The van der Waals surface area contributed by atoms with Gasteiger partial charge in [0.2, 0.25) is 0 Å². The Morgan fingerprint density at radius 2 is 2.23 bits per heavy atom. The number of aryl methyl sites for hydroxylation is 1. The van der Waals surface area contributed by atoms with Gasteiger partial charge in [-0.25, -0.2) is 4.98 Å². The summed E-state index contributed by atoms with van der Waals surface area (Å²) in [5, 5.41) is 0. The van der Waals surface area contributed by atoms with Gasteiger partial charge in [-0.15, -0.1) is 0 Å². The molecule has 0 amide bonds. The molecule has 1 aromatic rings. The maximum absolute atomic E-state index is 11.5. The van der Waals surface area contributed by atoms with Gasteiger partial charge in [-0.1, -0.05) is 0 Å². The molecular weight excluding hydrogens is 164 g/mol. The van der Waals surface area contributed by atoms with Crippen LogP contribution < -0.4 is 4.90 Å². The topological polar surface area (TPSA) is 33.2 Å². The third-order valence-corrected chi connectivity index (χ3v) is 2.35. The molecule has 0 N–H and O–H groups in total. The Kier molecular flexibility index (Phi) is 1.79. The van der Waals surface area contributed by atoms with Crippen LogP contribution in [0.4, 0.5) is 5.82 Å². The first kappa shape index (κ1) is 8.23. The zero-order chi connectivity index (χ0) is 9.42. The SMILES string of the molecule is Cc1ccc2c(n1)N(C)CCC2=O. The summed E-state index contributed by atoms with van der Waals surface area (Å²) in [5.74, 6) is 1.04. The average Bonchev–Trinajstić information content (AvgIpc) is 2.12. The number of nitrogens with zero attached hydrogens (tertiary/aromatic N) is 2. The zero-order valence-corrected chi connectivity index (χ0v) is 7.87. The lowest BCUT2D eigenvalue weighted by Gasteiger charge is -2.25. The largest absolute Gasteiger partial charge is 0.359 e. The van der Waals surface area contributed by atoms with E-state index in [1.54, 1.807) is 0 Å². The van der Waals surface area contributed by atoms with Crippen molar-refractivity contribution in [2.75, 3.05) is 18.5 Å². The molecule has 0 saturated carbocycles. The van der Waals surface area contributed by atoms with Gasteiger partial charge in [0, 0.05) is 25.7 Å². The van der Waals surface area contributed by atoms with Gasteiger partial charge in [0.25, 0.3) is 0 Å². The predicted molar refractivity (Wildman–Crippen MR) is 51.2 cm³/mol. The number of pyridine rings is 1. The standard InChI is InChI=1S/C10H12N2O/c1-7-3-4-8-9(13)5-6-12(2)10(8)11-7/h3-4H,5-6H2,1-2H3. The van der Waals surface area contributed by atoms with Crippen LogP contribution in [0, 0.1) is 6.92 Å². The summed E-state index contributed by atoms with van der Waals surface area (Å²) in [6, 6.07) is 3.76. The van der Waals surface area contributed by atoms with Gasteiger partial charge in [0.15, 0.2) is 5.78 Å². The molecule has 3 heteroatoms. The molecular formula is C10H12N2O. The van der Waals surface area contributed by atoms with Gasteiger partial charge in [-0.2, -0.15) is 0 Å². The minimum Gasteiger partial charge on any atom is -0.359 e. The number of hydrogen-bond donors (Lipinski definition) is 0. The second kappa shape index (κ2) is 2.83. The average molecular weight is 176 g/mol. The summed E-state index contributed by atoms with van der Waals surface area (Å²) in [6.45, 7) is 2.72. The molecule has 1 aromatic heterocycles. The van der Waals surface area contributed by atoms with Gasteiger partial charge < -0.3 is 4.90 Å². The number of Topliss-reactive ketones (excluding diaryl/α,β-unsaturated/α-hetero) is 1. The van der Waals surface area contributed by atoms with E-state index in [0.717, 1.165) is 23.6 Å². The number of rotatable bonds is 0. The first-order valence-corrected chi connectivity index (χ1v) is 4.40. The number of aromatic nitrogens is 1. The lowest BCUT2D eigenvalue weighted by molar-refractivity contribution is 0.0980. The van der Waals surface area contributed by atoms with E-state index in [0.29, 0.717) is 6.42 Å². The monoisotopic (exact) mass is 176 g/mol. The first-order chi connectivity index (χ1) is 6.18. The van der Waals surface area contributed by atoms with E-state index >= 15 is 0 Å². The summed E-state index contributed by atoms with van der Waals surface area (Å²) >= 11 is 0. The van der Waals surface area contributed by atoms with Crippen LogP contribution in [0.2, 0.25) is 0 Å². The third-order valence-electron chi connectivity index (χ3n) is 2.35. The molecule has 13 heavy (non-hydrogen) atoms. The fourth-order valence-electron chi connectivity index (χ4n) is 1.56. The molecule has 2 rings (SSSR count). The highest BCUT2D eigenvalue weighted by atomic mass is 16.1. The molecule has 0 fully saturated rings. The Labute approximate surface area is 77.4 Å². The van der Waals surface area contributed by atoms with Crippen LogP contribution >= 0.6 is 0 Å². The molecule has 0 aliphatic carbocycles. The normalized spacial score (nSPS) is 15.8. The molecule has 3 nitrogen and oxygen atoms in total. The Morgan fingerprint density at radius 3 is 3.00 bits per heavy atom. The van der Waals surface area contributed by atoms with Crippen LogP contribution in [0.3, 0.4) is 0 Å². The third kappa shape index (κ3) is 1.30. The summed E-state index contributed by atoms with van der Waals surface area (Å²) in [4.78, 5) is 17.9. The Hall–Kier alpha value is -1.38. The molecule has 0 bridgehead atoms. The van der Waals surface area contributed by atoms with E-state index in [1.165, 1.54) is 0 Å². The van der Waals surface area contributed by atoms with Crippen molar-refractivity contribution in [2.45, 2.75) is 13.3 Å². The highest BCUT2D eigenvalue weighted by Gasteiger charge is 2.21. The van der Waals surface area contributed by atoms with Gasteiger partial charge >= 0.3 is 0 Å². The van der Waals surface area contributed by atoms with Gasteiger partial charge in [-0.05, 0) is 19.1 Å². The van der Waals surface area contributed by atoms with Gasteiger partial charge in [-0.3, -0.25) is 4.79 Å². The number of ketones is 1. The smallest absolute Gasteiger partial charge is 0.168 e. The fraction of sp³-hybridized carbons (Fsp3) is 0.400. The summed E-state index contributed by atoms with van der Waals surface area (Å²) in [5.41, 5.74) is 1.72. The van der Waals surface area contributed by atoms with Crippen LogP contribution in [0.5, 0.6) is 0 Å². The minimum atomic E-state index is 0.209. The summed E-state index contributed by atoms with van der Waals surface area (Å²) in [6.07, 6.45) is 0.605. The van der Waals surface area contributed by atoms with E-state index in [2.05, 4.69) is 4.98 Å². The first-order valence-electron chi connectivity index (χ1n) is 4.40. The molecule has 0 atom stereocenters. The van der Waals surface area contributed by atoms with Crippen molar-refractivity contribution in [3.8, 4) is 0 Å². The molecule has 0 radical (unpaired) electrons. The Balaban J connectivity index is 2.57. The maximum Gasteiger partial charge on any atom is 0.168 e. The molecule has 0 aromatic carbocycles. The molecule has 2 heterocycles. The van der Waals surface area contributed by atoms with Crippen LogP contribution in [-0.2, 0) is 0 Å². The van der Waals surface area contributed by atoms with E-state index in [4.69, 9.17) is 0 Å². The molecule has 0 spiro atoms. The lowest BCUT2D eigenvalue weighted by atomic mass is 10.0. The van der Waals surface area contributed by atoms with Crippen molar-refractivity contribution < 1.29 is 4.79 Å². The number of hydrogen-bond acceptors (Lipinski definition) is 3. The highest BCUT2D eigenvalue weighted by molar-refractivity contribution is 6.02. The van der Waals surface area contributed by atoms with Crippen LogP contribution in [0.15, 0.2) is 12.1 Å². The van der Waals surface area contributed by atoms with E-state index in [-0.39, 0.29) is 5.78 Å². The van der Waals surface area contributed by atoms with Crippen molar-refractivity contribution in [1.29, 1.82) is 0 Å². The molecule has 1 aliphatic rings. The Bertz CT molecular complexity index is 360. The summed E-state index contributed by atoms with van der Waals surface area (Å²) in [7, 11) is 1.97. The lowest BCUT2D eigenvalue weighted by Crippen LogP contribution is -2.29. The number of fused-ring (bicyclic) bond motifs is 1. The van der Waals surface area contributed by atoms with Crippen LogP contribution in [0.1, 0.15) is 22.5 Å². The number of carbonyl (C=O) groups excluding carboxylic acids is 1. The van der Waals surface area contributed by atoms with Crippen molar-refractivity contribution in [3.63, 3.8) is 0 Å². The van der Waals surface area contributed by atoms with Crippen LogP contribution in [-0.4, -0.2) is 24.4 Å². The van der Waals surface area contributed by atoms with Gasteiger partial charge in [0.05, 0.1) is 5.56 Å². The highest BCUT2D eigenvalue weighted by Crippen LogP contribution is 2.23. The maximum atomic E-state index is 11.5. The molecule has 0 saturated heterocycles. The quantitative estimate of drug-likeness (QED) is 0.599. The molecule has 0 unspecified atom stereocenters. The Morgan fingerprint density at radius 1 is 1.46 bits per heavy atom.